The summed E-state index contributed by atoms with van der Waals surface area (Å²) in [5, 5.41) is 12.9. The molecule has 1 aliphatic carbocycles. The molecule has 0 spiro atoms. The Labute approximate surface area is 142 Å². The lowest BCUT2D eigenvalue weighted by atomic mass is 9.76. The van der Waals surface area contributed by atoms with Crippen LogP contribution in [0.2, 0.25) is 0 Å². The molecule has 0 amide bonds. The van der Waals surface area contributed by atoms with Crippen molar-refractivity contribution < 1.29 is 9.90 Å². The molecule has 2 aliphatic rings. The first-order chi connectivity index (χ1) is 11.6. The third-order valence-corrected chi connectivity index (χ3v) is 5.58. The minimum Gasteiger partial charge on any atom is -0.478 e. The van der Waals surface area contributed by atoms with Gasteiger partial charge in [-0.2, -0.15) is 0 Å². The van der Waals surface area contributed by atoms with Crippen molar-refractivity contribution in [2.24, 2.45) is 5.92 Å². The van der Waals surface area contributed by atoms with Crippen molar-refractivity contribution in [3.05, 3.63) is 76.4 Å². The molecule has 4 rings (SSSR count). The summed E-state index contributed by atoms with van der Waals surface area (Å²) in [6.07, 6.45) is 5.66. The highest BCUT2D eigenvalue weighted by Gasteiger charge is 2.38. The van der Waals surface area contributed by atoms with E-state index in [0.717, 1.165) is 12.0 Å². The molecule has 0 saturated carbocycles. The molecule has 1 aliphatic heterocycles. The zero-order chi connectivity index (χ0) is 16.8. The second kappa shape index (κ2) is 5.52. The minimum atomic E-state index is -0.879. The number of carbonyl (C=O) groups is 1. The van der Waals surface area contributed by atoms with Crippen LogP contribution in [0.15, 0.2) is 48.6 Å². The lowest BCUT2D eigenvalue weighted by Crippen LogP contribution is -2.29. The first-order valence-electron chi connectivity index (χ1n) is 8.43. The fourth-order valence-electron chi connectivity index (χ4n) is 4.08. The largest absolute Gasteiger partial charge is 0.478 e. The van der Waals surface area contributed by atoms with Crippen LogP contribution in [0.25, 0.3) is 0 Å². The Morgan fingerprint density at radius 1 is 1.12 bits per heavy atom. The number of rotatable bonds is 2. The topological polar surface area (TPSA) is 49.3 Å². The molecular formula is C21H21NO2. The van der Waals surface area contributed by atoms with E-state index in [1.165, 1.54) is 22.4 Å². The number of allylic oxidation sites excluding steroid dienone is 2. The Bertz CT molecular complexity index is 836. The molecule has 24 heavy (non-hydrogen) atoms. The molecule has 0 saturated heterocycles. The Balaban J connectivity index is 1.77. The van der Waals surface area contributed by atoms with Gasteiger partial charge in [-0.3, -0.25) is 0 Å². The number of aryl methyl sites for hydroxylation is 1. The Morgan fingerprint density at radius 3 is 2.58 bits per heavy atom. The van der Waals surface area contributed by atoms with E-state index < -0.39 is 5.97 Å². The lowest BCUT2D eigenvalue weighted by molar-refractivity contribution is 0.0697. The Hall–Kier alpha value is -2.55. The Kier molecular flexibility index (Phi) is 3.45. The van der Waals surface area contributed by atoms with Crippen molar-refractivity contribution in [1.29, 1.82) is 0 Å². The van der Waals surface area contributed by atoms with E-state index in [4.69, 9.17) is 5.11 Å². The molecule has 0 aromatic heterocycles. The van der Waals surface area contributed by atoms with Gasteiger partial charge in [0, 0.05) is 11.6 Å². The number of aromatic carboxylic acids is 1. The molecule has 3 nitrogen and oxygen atoms in total. The van der Waals surface area contributed by atoms with Gasteiger partial charge in [-0.25, -0.2) is 4.79 Å². The van der Waals surface area contributed by atoms with E-state index in [1.807, 2.05) is 12.1 Å². The van der Waals surface area contributed by atoms with Crippen LogP contribution >= 0.6 is 0 Å². The number of anilines is 1. The number of carboxylic acids is 1. The summed E-state index contributed by atoms with van der Waals surface area (Å²) < 4.78 is 0. The molecule has 0 radical (unpaired) electrons. The van der Waals surface area contributed by atoms with Crippen LogP contribution in [0, 0.1) is 19.8 Å². The van der Waals surface area contributed by atoms with Crippen LogP contribution < -0.4 is 5.32 Å². The second-order valence-corrected chi connectivity index (χ2v) is 6.87. The van der Waals surface area contributed by atoms with E-state index in [9.17, 15) is 4.79 Å². The number of benzene rings is 2. The average Bonchev–Trinajstić information content (AvgIpc) is 3.07. The van der Waals surface area contributed by atoms with Gasteiger partial charge in [-0.05, 0) is 60.6 Å². The van der Waals surface area contributed by atoms with Crippen LogP contribution in [-0.4, -0.2) is 11.1 Å². The minimum absolute atomic E-state index is 0.209. The van der Waals surface area contributed by atoms with Crippen LogP contribution in [0.5, 0.6) is 0 Å². The van der Waals surface area contributed by atoms with E-state index in [-0.39, 0.29) is 6.04 Å². The summed E-state index contributed by atoms with van der Waals surface area (Å²) in [4.78, 5) is 11.1. The van der Waals surface area contributed by atoms with Gasteiger partial charge in [-0.15, -0.1) is 0 Å². The molecule has 3 heteroatoms. The Morgan fingerprint density at radius 2 is 1.88 bits per heavy atom. The monoisotopic (exact) mass is 319 g/mol. The number of carboxylic acid groups (broad SMARTS) is 1. The molecule has 2 aromatic carbocycles. The first kappa shape index (κ1) is 15.0. The van der Waals surface area contributed by atoms with Crippen molar-refractivity contribution in [1.82, 2.24) is 0 Å². The predicted octanol–water partition coefficient (Wildman–Crippen LogP) is 4.83. The van der Waals surface area contributed by atoms with Crippen molar-refractivity contribution in [3.63, 3.8) is 0 Å². The van der Waals surface area contributed by atoms with Crippen molar-refractivity contribution in [2.45, 2.75) is 32.2 Å². The lowest BCUT2D eigenvalue weighted by Gasteiger charge is -2.38. The molecule has 2 N–H and O–H groups in total. The highest BCUT2D eigenvalue weighted by Crippen LogP contribution is 2.50. The number of hydrogen-bond donors (Lipinski definition) is 2. The maximum absolute atomic E-state index is 11.1. The van der Waals surface area contributed by atoms with Crippen molar-refractivity contribution in [2.75, 3.05) is 5.32 Å². The fourth-order valence-corrected chi connectivity index (χ4v) is 4.08. The molecule has 3 atom stereocenters. The SMILES string of the molecule is Cc1ccc2c(c1C)N[C@@H](c1ccc(C(=O)O)cc1)[C@@H]1CC=C[C@H]21. The van der Waals surface area contributed by atoms with Gasteiger partial charge >= 0.3 is 5.97 Å². The molecule has 0 fully saturated rings. The summed E-state index contributed by atoms with van der Waals surface area (Å²) in [6, 6.07) is 12.0. The normalized spacial score (nSPS) is 24.2. The third kappa shape index (κ3) is 2.23. The summed E-state index contributed by atoms with van der Waals surface area (Å²) >= 11 is 0. The summed E-state index contributed by atoms with van der Waals surface area (Å²) in [5.41, 5.74) is 6.72. The third-order valence-electron chi connectivity index (χ3n) is 5.58. The summed E-state index contributed by atoms with van der Waals surface area (Å²) in [6.45, 7) is 4.31. The van der Waals surface area contributed by atoms with E-state index in [1.54, 1.807) is 12.1 Å². The highest BCUT2D eigenvalue weighted by atomic mass is 16.4. The standard InChI is InChI=1S/C21H21NO2/c1-12-6-11-18-16-4-3-5-17(16)20(22-19(18)13(12)2)14-7-9-15(10-8-14)21(23)24/h3-4,6-11,16-17,20,22H,5H2,1-2H3,(H,23,24)/t16-,17+,20-/m0/s1. The fraction of sp³-hybridized carbons (Fsp3) is 0.286. The van der Waals surface area contributed by atoms with Crippen LogP contribution in [0.1, 0.15) is 51.0 Å². The van der Waals surface area contributed by atoms with Crippen molar-refractivity contribution in [3.8, 4) is 0 Å². The van der Waals surface area contributed by atoms with Gasteiger partial charge in [0.25, 0.3) is 0 Å². The summed E-state index contributed by atoms with van der Waals surface area (Å²) in [5.74, 6) is 0.0374. The smallest absolute Gasteiger partial charge is 0.335 e. The van der Waals surface area contributed by atoms with E-state index in [0.29, 0.717) is 17.4 Å². The predicted molar refractivity (Wildman–Crippen MR) is 95.7 cm³/mol. The van der Waals surface area contributed by atoms with Gasteiger partial charge in [-0.1, -0.05) is 36.4 Å². The molecule has 122 valence electrons. The molecule has 0 unspecified atom stereocenters. The maximum Gasteiger partial charge on any atom is 0.335 e. The van der Waals surface area contributed by atoms with Gasteiger partial charge in [0.1, 0.15) is 0 Å². The quantitative estimate of drug-likeness (QED) is 0.780. The zero-order valence-corrected chi connectivity index (χ0v) is 13.9. The van der Waals surface area contributed by atoms with Crippen molar-refractivity contribution >= 4 is 11.7 Å². The zero-order valence-electron chi connectivity index (χ0n) is 13.9. The van der Waals surface area contributed by atoms with Gasteiger partial charge in [0.15, 0.2) is 0 Å². The highest BCUT2D eigenvalue weighted by molar-refractivity contribution is 5.87. The second-order valence-electron chi connectivity index (χ2n) is 6.87. The first-order valence-corrected chi connectivity index (χ1v) is 8.43. The van der Waals surface area contributed by atoms with Gasteiger partial charge < -0.3 is 10.4 Å². The van der Waals surface area contributed by atoms with Crippen LogP contribution in [-0.2, 0) is 0 Å². The molecule has 1 heterocycles. The molecule has 0 bridgehead atoms. The van der Waals surface area contributed by atoms with E-state index in [2.05, 4.69) is 43.4 Å². The number of nitrogens with one attached hydrogen (secondary N) is 1. The number of fused-ring (bicyclic) bond motifs is 3. The summed E-state index contributed by atoms with van der Waals surface area (Å²) in [7, 11) is 0. The van der Waals surface area contributed by atoms with Gasteiger partial charge in [0.05, 0.1) is 11.6 Å². The average molecular weight is 319 g/mol. The van der Waals surface area contributed by atoms with Crippen LogP contribution in [0.3, 0.4) is 0 Å². The molecular weight excluding hydrogens is 298 g/mol. The van der Waals surface area contributed by atoms with Gasteiger partial charge in [0.2, 0.25) is 0 Å². The number of hydrogen-bond acceptors (Lipinski definition) is 2. The van der Waals surface area contributed by atoms with E-state index >= 15 is 0 Å². The molecule has 2 aromatic rings. The maximum atomic E-state index is 11.1. The van der Waals surface area contributed by atoms with Crippen LogP contribution in [0.4, 0.5) is 5.69 Å².